The van der Waals surface area contributed by atoms with E-state index in [2.05, 4.69) is 0 Å². The summed E-state index contributed by atoms with van der Waals surface area (Å²) >= 11 is 0. The van der Waals surface area contributed by atoms with Crippen LogP contribution in [0.2, 0.25) is 0 Å². The van der Waals surface area contributed by atoms with Crippen molar-refractivity contribution in [3.8, 4) is 0 Å². The number of ether oxygens (including phenoxy) is 2. The molecule has 1 heterocycles. The van der Waals surface area contributed by atoms with Gasteiger partial charge in [0, 0.05) is 6.42 Å². The molecular formula is C11H11F2NO3. The molecule has 4 nitrogen and oxygen atoms in total. The normalized spacial score (nSPS) is 19.3. The van der Waals surface area contributed by atoms with E-state index in [0.717, 1.165) is 12.1 Å². The number of carbonyl (C=O) groups is 1. The summed E-state index contributed by atoms with van der Waals surface area (Å²) < 4.78 is 36.7. The number of anilines is 1. The van der Waals surface area contributed by atoms with E-state index in [-0.39, 0.29) is 12.3 Å². The SMILES string of the molecule is Nc1ccc(F)c(C(=O)OC2CCOC2)c1F. The van der Waals surface area contributed by atoms with Crippen LogP contribution in [-0.2, 0) is 9.47 Å². The first-order valence-corrected chi connectivity index (χ1v) is 5.12. The van der Waals surface area contributed by atoms with Crippen LogP contribution in [0.1, 0.15) is 16.8 Å². The summed E-state index contributed by atoms with van der Waals surface area (Å²) in [6, 6.07) is 1.99. The predicted octanol–water partition coefficient (Wildman–Crippen LogP) is 1.49. The maximum absolute atomic E-state index is 13.5. The zero-order valence-electron chi connectivity index (χ0n) is 8.91. The summed E-state index contributed by atoms with van der Waals surface area (Å²) in [4.78, 5) is 11.6. The second kappa shape index (κ2) is 4.67. The Balaban J connectivity index is 2.21. The summed E-state index contributed by atoms with van der Waals surface area (Å²) in [6.07, 6.45) is 0.0693. The molecule has 17 heavy (non-hydrogen) atoms. The van der Waals surface area contributed by atoms with Crippen LogP contribution in [0.3, 0.4) is 0 Å². The summed E-state index contributed by atoms with van der Waals surface area (Å²) in [5.41, 5.74) is 4.22. The lowest BCUT2D eigenvalue weighted by molar-refractivity contribution is 0.0260. The molecule has 0 radical (unpaired) electrons. The van der Waals surface area contributed by atoms with Gasteiger partial charge in [-0.15, -0.1) is 0 Å². The lowest BCUT2D eigenvalue weighted by Gasteiger charge is -2.11. The number of halogens is 2. The van der Waals surface area contributed by atoms with Crippen LogP contribution < -0.4 is 5.73 Å². The first-order chi connectivity index (χ1) is 8.09. The first-order valence-electron chi connectivity index (χ1n) is 5.12. The highest BCUT2D eigenvalue weighted by Crippen LogP contribution is 2.21. The van der Waals surface area contributed by atoms with Crippen molar-refractivity contribution in [1.29, 1.82) is 0 Å². The minimum absolute atomic E-state index is 0.247. The molecule has 0 saturated carbocycles. The van der Waals surface area contributed by atoms with Crippen molar-refractivity contribution in [3.63, 3.8) is 0 Å². The molecule has 2 rings (SSSR count). The van der Waals surface area contributed by atoms with Crippen LogP contribution in [0.15, 0.2) is 12.1 Å². The Morgan fingerprint density at radius 3 is 2.88 bits per heavy atom. The van der Waals surface area contributed by atoms with Crippen molar-refractivity contribution in [1.82, 2.24) is 0 Å². The number of nitrogens with two attached hydrogens (primary N) is 1. The predicted molar refractivity (Wildman–Crippen MR) is 55.4 cm³/mol. The molecule has 1 aliphatic rings. The van der Waals surface area contributed by atoms with Gasteiger partial charge in [0.2, 0.25) is 0 Å². The van der Waals surface area contributed by atoms with Crippen LogP contribution in [0.25, 0.3) is 0 Å². The first kappa shape index (κ1) is 11.8. The standard InChI is InChI=1S/C11H11F2NO3/c12-7-1-2-8(14)10(13)9(7)11(15)17-6-3-4-16-5-6/h1-2,6H,3-5,14H2. The number of hydrogen-bond acceptors (Lipinski definition) is 4. The van der Waals surface area contributed by atoms with Crippen molar-refractivity contribution in [3.05, 3.63) is 29.3 Å². The Hall–Kier alpha value is -1.69. The molecule has 2 N–H and O–H groups in total. The van der Waals surface area contributed by atoms with Gasteiger partial charge in [0.1, 0.15) is 17.5 Å². The molecule has 0 amide bonds. The number of esters is 1. The topological polar surface area (TPSA) is 61.6 Å². The second-order valence-electron chi connectivity index (χ2n) is 3.72. The summed E-state index contributed by atoms with van der Waals surface area (Å²) in [7, 11) is 0. The van der Waals surface area contributed by atoms with Gasteiger partial charge in [-0.2, -0.15) is 0 Å². The monoisotopic (exact) mass is 243 g/mol. The highest BCUT2D eigenvalue weighted by atomic mass is 19.1. The molecule has 0 aromatic heterocycles. The Bertz CT molecular complexity index is 445. The molecule has 1 aliphatic heterocycles. The number of hydrogen-bond donors (Lipinski definition) is 1. The highest BCUT2D eigenvalue weighted by molar-refractivity contribution is 5.91. The summed E-state index contributed by atoms with van der Waals surface area (Å²) in [6.45, 7) is 0.719. The van der Waals surface area contributed by atoms with E-state index in [1.165, 1.54) is 0 Å². The number of nitrogen functional groups attached to an aromatic ring is 1. The van der Waals surface area contributed by atoms with Gasteiger partial charge in [0.05, 0.1) is 18.9 Å². The fourth-order valence-electron chi connectivity index (χ4n) is 1.57. The summed E-state index contributed by atoms with van der Waals surface area (Å²) in [5.74, 6) is -3.13. The molecule has 1 aromatic carbocycles. The van der Waals surface area contributed by atoms with Crippen LogP contribution in [0, 0.1) is 11.6 Å². The van der Waals surface area contributed by atoms with Gasteiger partial charge < -0.3 is 15.2 Å². The van der Waals surface area contributed by atoms with E-state index in [1.54, 1.807) is 0 Å². The molecule has 6 heteroatoms. The molecule has 1 fully saturated rings. The molecule has 1 unspecified atom stereocenters. The van der Waals surface area contributed by atoms with Crippen molar-refractivity contribution in [2.24, 2.45) is 0 Å². The van der Waals surface area contributed by atoms with E-state index >= 15 is 0 Å². The Kier molecular flexibility index (Phi) is 3.23. The van der Waals surface area contributed by atoms with Crippen molar-refractivity contribution < 1.29 is 23.0 Å². The van der Waals surface area contributed by atoms with Crippen LogP contribution in [0.4, 0.5) is 14.5 Å². The minimum Gasteiger partial charge on any atom is -0.456 e. The van der Waals surface area contributed by atoms with E-state index in [9.17, 15) is 13.6 Å². The van der Waals surface area contributed by atoms with E-state index in [4.69, 9.17) is 15.2 Å². The van der Waals surface area contributed by atoms with E-state index in [1.807, 2.05) is 0 Å². The van der Waals surface area contributed by atoms with Gasteiger partial charge in [0.25, 0.3) is 0 Å². The van der Waals surface area contributed by atoms with Gasteiger partial charge in [-0.3, -0.25) is 0 Å². The summed E-state index contributed by atoms with van der Waals surface area (Å²) in [5, 5.41) is 0. The number of rotatable bonds is 2. The molecule has 1 saturated heterocycles. The average molecular weight is 243 g/mol. The Morgan fingerprint density at radius 1 is 1.47 bits per heavy atom. The lowest BCUT2D eigenvalue weighted by Crippen LogP contribution is -2.20. The lowest BCUT2D eigenvalue weighted by atomic mass is 10.1. The number of carbonyl (C=O) groups excluding carboxylic acids is 1. The third kappa shape index (κ3) is 2.36. The molecular weight excluding hydrogens is 232 g/mol. The minimum atomic E-state index is -1.09. The number of benzene rings is 1. The van der Waals surface area contributed by atoms with Crippen molar-refractivity contribution in [2.75, 3.05) is 18.9 Å². The molecule has 1 aromatic rings. The smallest absolute Gasteiger partial charge is 0.344 e. The van der Waals surface area contributed by atoms with Gasteiger partial charge in [-0.1, -0.05) is 0 Å². The second-order valence-corrected chi connectivity index (χ2v) is 3.72. The fraction of sp³-hybridized carbons (Fsp3) is 0.364. The Morgan fingerprint density at radius 2 is 2.24 bits per heavy atom. The molecule has 0 aliphatic carbocycles. The third-order valence-corrected chi connectivity index (χ3v) is 2.49. The highest BCUT2D eigenvalue weighted by Gasteiger charge is 2.26. The van der Waals surface area contributed by atoms with Crippen molar-refractivity contribution in [2.45, 2.75) is 12.5 Å². The zero-order chi connectivity index (χ0) is 12.4. The van der Waals surface area contributed by atoms with Gasteiger partial charge >= 0.3 is 5.97 Å². The van der Waals surface area contributed by atoms with Gasteiger partial charge in [0.15, 0.2) is 5.82 Å². The molecule has 92 valence electrons. The van der Waals surface area contributed by atoms with E-state index in [0.29, 0.717) is 13.0 Å². The van der Waals surface area contributed by atoms with Crippen LogP contribution >= 0.6 is 0 Å². The maximum atomic E-state index is 13.5. The molecule has 1 atom stereocenters. The zero-order valence-corrected chi connectivity index (χ0v) is 8.91. The Labute approximate surface area is 96.3 Å². The largest absolute Gasteiger partial charge is 0.456 e. The average Bonchev–Trinajstić information content (AvgIpc) is 2.77. The molecule has 0 spiro atoms. The van der Waals surface area contributed by atoms with Gasteiger partial charge in [-0.25, -0.2) is 13.6 Å². The van der Waals surface area contributed by atoms with Crippen LogP contribution in [-0.4, -0.2) is 25.3 Å². The van der Waals surface area contributed by atoms with E-state index < -0.39 is 29.3 Å². The quantitative estimate of drug-likeness (QED) is 0.631. The van der Waals surface area contributed by atoms with Gasteiger partial charge in [-0.05, 0) is 12.1 Å². The van der Waals surface area contributed by atoms with Crippen LogP contribution in [0.5, 0.6) is 0 Å². The third-order valence-electron chi connectivity index (χ3n) is 2.49. The maximum Gasteiger partial charge on any atom is 0.344 e. The fourth-order valence-corrected chi connectivity index (χ4v) is 1.57. The molecule has 0 bridgehead atoms. The van der Waals surface area contributed by atoms with Crippen molar-refractivity contribution >= 4 is 11.7 Å².